The Morgan fingerprint density at radius 1 is 1.23 bits per heavy atom. The predicted molar refractivity (Wildman–Crippen MR) is 87.6 cm³/mol. The van der Waals surface area contributed by atoms with Gasteiger partial charge >= 0.3 is 0 Å². The third kappa shape index (κ3) is 2.37. The van der Waals surface area contributed by atoms with Gasteiger partial charge in [-0.05, 0) is 43.5 Å². The lowest BCUT2D eigenvalue weighted by atomic mass is 10.1. The summed E-state index contributed by atoms with van der Waals surface area (Å²) >= 11 is 0. The molecule has 2 N–H and O–H groups in total. The molecule has 1 heterocycles. The second-order valence-corrected chi connectivity index (χ2v) is 5.90. The number of amides is 1. The molecule has 22 heavy (non-hydrogen) atoms. The molecule has 1 saturated carbocycles. The number of nitrogens with zero attached hydrogens (tertiary/aromatic N) is 1. The van der Waals surface area contributed by atoms with Gasteiger partial charge in [0, 0.05) is 17.2 Å². The van der Waals surface area contributed by atoms with Crippen LogP contribution < -0.4 is 5.32 Å². The van der Waals surface area contributed by atoms with Crippen molar-refractivity contribution in [3.8, 4) is 11.4 Å². The molecule has 110 valence electrons. The largest absolute Gasteiger partial charge is 0.338 e. The maximum atomic E-state index is 12.0. The zero-order chi connectivity index (χ0) is 15.1. The Hall–Kier alpha value is -2.62. The molecule has 1 amide bonds. The number of nitrogens with one attached hydrogen (secondary N) is 2. The van der Waals surface area contributed by atoms with Gasteiger partial charge < -0.3 is 10.3 Å². The van der Waals surface area contributed by atoms with Crippen LogP contribution in [0.1, 0.15) is 18.4 Å². The second kappa shape index (κ2) is 4.98. The lowest BCUT2D eigenvalue weighted by molar-refractivity contribution is -0.117. The number of rotatable bonds is 3. The first kappa shape index (κ1) is 13.1. The molecule has 4 heteroatoms. The zero-order valence-electron chi connectivity index (χ0n) is 12.4. The number of carbonyl (C=O) groups excluding carboxylic acids is 1. The topological polar surface area (TPSA) is 57.8 Å². The van der Waals surface area contributed by atoms with Crippen LogP contribution >= 0.6 is 0 Å². The smallest absolute Gasteiger partial charge is 0.227 e. The summed E-state index contributed by atoms with van der Waals surface area (Å²) in [5, 5.41) is 3.04. The van der Waals surface area contributed by atoms with Crippen molar-refractivity contribution in [2.24, 2.45) is 5.92 Å². The summed E-state index contributed by atoms with van der Waals surface area (Å²) in [7, 11) is 0. The van der Waals surface area contributed by atoms with Crippen molar-refractivity contribution >= 4 is 22.6 Å². The van der Waals surface area contributed by atoms with Crippen molar-refractivity contribution in [3.05, 3.63) is 48.0 Å². The van der Waals surface area contributed by atoms with Crippen molar-refractivity contribution in [2.75, 3.05) is 5.32 Å². The van der Waals surface area contributed by atoms with Crippen molar-refractivity contribution < 1.29 is 4.79 Å². The van der Waals surface area contributed by atoms with Crippen LogP contribution in [0, 0.1) is 12.8 Å². The first-order chi connectivity index (χ1) is 10.7. The average molecular weight is 291 g/mol. The van der Waals surface area contributed by atoms with Crippen LogP contribution in [0.5, 0.6) is 0 Å². The Morgan fingerprint density at radius 3 is 2.82 bits per heavy atom. The zero-order valence-corrected chi connectivity index (χ0v) is 12.4. The normalized spacial score (nSPS) is 14.2. The molecule has 4 rings (SSSR count). The highest BCUT2D eigenvalue weighted by Crippen LogP contribution is 2.31. The van der Waals surface area contributed by atoms with E-state index in [1.807, 2.05) is 49.4 Å². The van der Waals surface area contributed by atoms with Crippen LogP contribution in [0.2, 0.25) is 0 Å². The summed E-state index contributed by atoms with van der Waals surface area (Å²) in [5.74, 6) is 1.15. The molecule has 0 bridgehead atoms. The molecule has 0 aliphatic heterocycles. The number of hydrogen-bond acceptors (Lipinski definition) is 2. The summed E-state index contributed by atoms with van der Waals surface area (Å²) in [6.45, 7) is 2.00. The maximum absolute atomic E-state index is 12.0. The van der Waals surface area contributed by atoms with E-state index in [0.717, 1.165) is 46.5 Å². The molecule has 3 aromatic rings. The fourth-order valence-electron chi connectivity index (χ4n) is 2.57. The summed E-state index contributed by atoms with van der Waals surface area (Å²) in [4.78, 5) is 19.9. The van der Waals surface area contributed by atoms with Gasteiger partial charge in [-0.25, -0.2) is 4.98 Å². The van der Waals surface area contributed by atoms with Crippen molar-refractivity contribution in [1.82, 2.24) is 9.97 Å². The summed E-state index contributed by atoms with van der Waals surface area (Å²) in [6, 6.07) is 14.0. The van der Waals surface area contributed by atoms with Gasteiger partial charge in [0.1, 0.15) is 5.82 Å². The molecule has 0 spiro atoms. The molecular formula is C18H17N3O. The van der Waals surface area contributed by atoms with Gasteiger partial charge in [-0.2, -0.15) is 0 Å². The Morgan fingerprint density at radius 2 is 2.05 bits per heavy atom. The minimum atomic E-state index is 0.129. The molecule has 0 atom stereocenters. The molecule has 4 nitrogen and oxygen atoms in total. The molecule has 1 aliphatic rings. The van der Waals surface area contributed by atoms with E-state index in [1.54, 1.807) is 0 Å². The van der Waals surface area contributed by atoms with Gasteiger partial charge in [-0.1, -0.05) is 24.3 Å². The summed E-state index contributed by atoms with van der Waals surface area (Å²) in [6.07, 6.45) is 2.02. The first-order valence-corrected chi connectivity index (χ1v) is 7.57. The molecule has 1 fully saturated rings. The summed E-state index contributed by atoms with van der Waals surface area (Å²) < 4.78 is 0. The number of imidazole rings is 1. The number of hydrogen-bond donors (Lipinski definition) is 2. The number of fused-ring (bicyclic) bond motifs is 1. The van der Waals surface area contributed by atoms with E-state index in [1.165, 1.54) is 0 Å². The number of anilines is 1. The van der Waals surface area contributed by atoms with E-state index in [2.05, 4.69) is 15.3 Å². The number of aromatic nitrogens is 2. The van der Waals surface area contributed by atoms with Crippen LogP contribution in [0.4, 0.5) is 5.69 Å². The van der Waals surface area contributed by atoms with E-state index in [4.69, 9.17) is 0 Å². The monoisotopic (exact) mass is 291 g/mol. The molecule has 0 unspecified atom stereocenters. The summed E-state index contributed by atoms with van der Waals surface area (Å²) in [5.41, 5.74) is 4.87. The van der Waals surface area contributed by atoms with Crippen LogP contribution in [0.25, 0.3) is 22.4 Å². The Labute approximate surface area is 128 Å². The highest BCUT2D eigenvalue weighted by atomic mass is 16.2. The minimum Gasteiger partial charge on any atom is -0.338 e. The fourth-order valence-corrected chi connectivity index (χ4v) is 2.57. The highest BCUT2D eigenvalue weighted by Gasteiger charge is 2.29. The lowest BCUT2D eigenvalue weighted by Gasteiger charge is -2.09. The Balaban J connectivity index is 1.70. The van der Waals surface area contributed by atoms with E-state index in [0.29, 0.717) is 0 Å². The fraction of sp³-hybridized carbons (Fsp3) is 0.222. The second-order valence-electron chi connectivity index (χ2n) is 5.90. The molecule has 2 aromatic carbocycles. The number of aromatic amines is 1. The van der Waals surface area contributed by atoms with Gasteiger partial charge in [0.25, 0.3) is 0 Å². The van der Waals surface area contributed by atoms with Crippen LogP contribution in [-0.4, -0.2) is 15.9 Å². The molecule has 0 saturated heterocycles. The van der Waals surface area contributed by atoms with E-state index in [-0.39, 0.29) is 11.8 Å². The Kier molecular flexibility index (Phi) is 2.96. The first-order valence-electron chi connectivity index (χ1n) is 7.57. The molecular weight excluding hydrogens is 274 g/mol. The Bertz CT molecular complexity index is 829. The average Bonchev–Trinajstić information content (AvgIpc) is 3.28. The van der Waals surface area contributed by atoms with Crippen molar-refractivity contribution in [3.63, 3.8) is 0 Å². The third-order valence-corrected chi connectivity index (χ3v) is 4.11. The van der Waals surface area contributed by atoms with E-state index < -0.39 is 0 Å². The number of aryl methyl sites for hydroxylation is 1. The van der Waals surface area contributed by atoms with Gasteiger partial charge in [-0.15, -0.1) is 0 Å². The quantitative estimate of drug-likeness (QED) is 0.769. The van der Waals surface area contributed by atoms with Crippen molar-refractivity contribution in [1.29, 1.82) is 0 Å². The van der Waals surface area contributed by atoms with Crippen LogP contribution in [-0.2, 0) is 4.79 Å². The number of benzene rings is 2. The SMILES string of the molecule is Cc1ccc(-c2nc3ccccc3[nH]2)cc1NC(=O)C1CC1. The van der Waals surface area contributed by atoms with E-state index >= 15 is 0 Å². The van der Waals surface area contributed by atoms with E-state index in [9.17, 15) is 4.79 Å². The number of para-hydroxylation sites is 2. The molecule has 1 aliphatic carbocycles. The third-order valence-electron chi connectivity index (χ3n) is 4.11. The van der Waals surface area contributed by atoms with Gasteiger partial charge in [0.2, 0.25) is 5.91 Å². The van der Waals surface area contributed by atoms with Gasteiger partial charge in [-0.3, -0.25) is 4.79 Å². The van der Waals surface area contributed by atoms with Crippen LogP contribution in [0.15, 0.2) is 42.5 Å². The number of carbonyl (C=O) groups is 1. The lowest BCUT2D eigenvalue weighted by Crippen LogP contribution is -2.14. The van der Waals surface area contributed by atoms with Gasteiger partial charge in [0.15, 0.2) is 0 Å². The predicted octanol–water partition coefficient (Wildman–Crippen LogP) is 3.89. The van der Waals surface area contributed by atoms with Gasteiger partial charge in [0.05, 0.1) is 11.0 Å². The van der Waals surface area contributed by atoms with Crippen molar-refractivity contribution in [2.45, 2.75) is 19.8 Å². The highest BCUT2D eigenvalue weighted by molar-refractivity contribution is 5.95. The minimum absolute atomic E-state index is 0.129. The maximum Gasteiger partial charge on any atom is 0.227 e. The standard InChI is InChI=1S/C18H17N3O/c1-11-6-7-13(10-16(11)21-18(22)12-8-9-12)17-19-14-4-2-3-5-15(14)20-17/h2-7,10,12H,8-9H2,1H3,(H,19,20)(H,21,22). The number of H-pyrrole nitrogens is 1. The molecule has 0 radical (unpaired) electrons. The molecule has 1 aromatic heterocycles. The van der Waals surface area contributed by atoms with Crippen LogP contribution in [0.3, 0.4) is 0 Å².